The minimum Gasteiger partial charge on any atom is -0.414 e. The highest BCUT2D eigenvalue weighted by molar-refractivity contribution is 6.74. The standard InChI is InChI=1S/C31H60O2Si2/c1-23(21-24-18-20-30(8,22-24)33-35(12,13)29(5,6)7)25-16-17-26-27(15-14-19-31(25,26)9)32-34(10,11)28(2,3)4/h18,20,23-27H,14-17,19,21-22H2,1-13H3/t23-,24-,25-,26?,27?,30+,31-/m1/s1. The van der Waals surface area contributed by atoms with Crippen molar-refractivity contribution in [1.29, 1.82) is 0 Å². The summed E-state index contributed by atoms with van der Waals surface area (Å²) >= 11 is 0. The summed E-state index contributed by atoms with van der Waals surface area (Å²) in [7, 11) is -3.51. The molecule has 2 fully saturated rings. The Kier molecular flexibility index (Phi) is 8.20. The predicted octanol–water partition coefficient (Wildman–Crippen LogP) is 9.98. The third kappa shape index (κ3) is 6.06. The zero-order valence-electron chi connectivity index (χ0n) is 25.8. The fraction of sp³-hybridized carbons (Fsp3) is 0.935. The van der Waals surface area contributed by atoms with Gasteiger partial charge in [-0.1, -0.05) is 74.0 Å². The largest absolute Gasteiger partial charge is 0.414 e. The van der Waals surface area contributed by atoms with Crippen molar-refractivity contribution in [2.75, 3.05) is 0 Å². The first-order valence-electron chi connectivity index (χ1n) is 14.8. The fourth-order valence-corrected chi connectivity index (χ4v) is 10.4. The summed E-state index contributed by atoms with van der Waals surface area (Å²) in [5.41, 5.74) is 0.371. The molecular formula is C31H60O2Si2. The molecule has 3 aliphatic rings. The highest BCUT2D eigenvalue weighted by atomic mass is 28.4. The highest BCUT2D eigenvalue weighted by Gasteiger charge is 2.55. The molecule has 0 aromatic carbocycles. The molecule has 3 aliphatic carbocycles. The van der Waals surface area contributed by atoms with Gasteiger partial charge < -0.3 is 8.85 Å². The number of fused-ring (bicyclic) bond motifs is 1. The molecule has 0 bridgehead atoms. The lowest BCUT2D eigenvalue weighted by atomic mass is 9.61. The van der Waals surface area contributed by atoms with Gasteiger partial charge in [-0.2, -0.15) is 0 Å². The van der Waals surface area contributed by atoms with E-state index in [1.807, 2.05) is 0 Å². The molecule has 0 saturated heterocycles. The molecule has 2 nitrogen and oxygen atoms in total. The quantitative estimate of drug-likeness (QED) is 0.245. The first-order chi connectivity index (χ1) is 15.7. The van der Waals surface area contributed by atoms with Gasteiger partial charge >= 0.3 is 0 Å². The zero-order chi connectivity index (χ0) is 26.7. The van der Waals surface area contributed by atoms with Crippen LogP contribution in [0.15, 0.2) is 12.2 Å². The van der Waals surface area contributed by atoms with Crippen molar-refractivity contribution in [1.82, 2.24) is 0 Å². The zero-order valence-corrected chi connectivity index (χ0v) is 27.8. The molecule has 3 rings (SSSR count). The van der Waals surface area contributed by atoms with Gasteiger partial charge in [0, 0.05) is 6.10 Å². The van der Waals surface area contributed by atoms with E-state index in [0.717, 1.165) is 24.2 Å². The average Bonchev–Trinajstić information content (AvgIpc) is 3.19. The van der Waals surface area contributed by atoms with Gasteiger partial charge in [0.05, 0.1) is 5.60 Å². The minimum atomic E-state index is -1.78. The maximum absolute atomic E-state index is 7.10. The summed E-state index contributed by atoms with van der Waals surface area (Å²) < 4.78 is 14.0. The van der Waals surface area contributed by atoms with Crippen LogP contribution in [0.25, 0.3) is 0 Å². The molecule has 0 N–H and O–H groups in total. The van der Waals surface area contributed by atoms with Crippen molar-refractivity contribution < 1.29 is 8.85 Å². The number of rotatable bonds is 7. The van der Waals surface area contributed by atoms with E-state index in [0.29, 0.717) is 22.5 Å². The fourth-order valence-electron chi connectivity index (χ4n) is 7.40. The summed E-state index contributed by atoms with van der Waals surface area (Å²) in [6.07, 6.45) is 14.7. The van der Waals surface area contributed by atoms with Crippen LogP contribution in [0.3, 0.4) is 0 Å². The molecule has 0 aromatic heterocycles. The van der Waals surface area contributed by atoms with E-state index in [-0.39, 0.29) is 10.6 Å². The third-order valence-electron chi connectivity index (χ3n) is 11.4. The minimum absolute atomic E-state index is 0.0809. The van der Waals surface area contributed by atoms with Crippen LogP contribution in [0.5, 0.6) is 0 Å². The summed E-state index contributed by atoms with van der Waals surface area (Å²) in [4.78, 5) is 0. The van der Waals surface area contributed by atoms with E-state index in [4.69, 9.17) is 8.85 Å². The maximum atomic E-state index is 7.10. The van der Waals surface area contributed by atoms with Gasteiger partial charge in [-0.3, -0.25) is 0 Å². The Bertz CT molecular complexity index is 774. The van der Waals surface area contributed by atoms with Crippen LogP contribution in [-0.4, -0.2) is 28.3 Å². The van der Waals surface area contributed by atoms with E-state index in [1.54, 1.807) is 0 Å². The normalized spacial score (nSPS) is 37.5. The Morgan fingerprint density at radius 2 is 1.51 bits per heavy atom. The van der Waals surface area contributed by atoms with Gasteiger partial charge in [0.25, 0.3) is 0 Å². The van der Waals surface area contributed by atoms with Gasteiger partial charge in [-0.25, -0.2) is 0 Å². The van der Waals surface area contributed by atoms with E-state index < -0.39 is 16.6 Å². The van der Waals surface area contributed by atoms with Crippen LogP contribution in [0.2, 0.25) is 36.3 Å². The van der Waals surface area contributed by atoms with Crippen LogP contribution < -0.4 is 0 Å². The second kappa shape index (κ2) is 9.68. The molecule has 0 heterocycles. The summed E-state index contributed by atoms with van der Waals surface area (Å²) in [6, 6.07) is 0. The molecule has 7 atom stereocenters. The third-order valence-corrected chi connectivity index (χ3v) is 20.5. The van der Waals surface area contributed by atoms with E-state index in [2.05, 4.69) is 101 Å². The Balaban J connectivity index is 1.64. The molecule has 0 radical (unpaired) electrons. The van der Waals surface area contributed by atoms with Crippen LogP contribution in [-0.2, 0) is 8.85 Å². The number of hydrogen-bond acceptors (Lipinski definition) is 2. The van der Waals surface area contributed by atoms with E-state index in [9.17, 15) is 0 Å². The predicted molar refractivity (Wildman–Crippen MR) is 158 cm³/mol. The van der Waals surface area contributed by atoms with Gasteiger partial charge in [0.2, 0.25) is 0 Å². The van der Waals surface area contributed by atoms with Crippen molar-refractivity contribution in [2.24, 2.45) is 29.1 Å². The average molecular weight is 521 g/mol. The van der Waals surface area contributed by atoms with Gasteiger partial charge in [-0.05, 0) is 111 Å². The second-order valence-corrected chi connectivity index (χ2v) is 25.8. The van der Waals surface area contributed by atoms with Crippen LogP contribution in [0, 0.1) is 29.1 Å². The molecule has 0 spiro atoms. The molecule has 4 heteroatoms. The Morgan fingerprint density at radius 3 is 2.09 bits per heavy atom. The maximum Gasteiger partial charge on any atom is 0.193 e. The molecule has 0 aliphatic heterocycles. The molecule has 204 valence electrons. The summed E-state index contributed by atoms with van der Waals surface area (Å²) in [6.45, 7) is 31.4. The topological polar surface area (TPSA) is 18.5 Å². The molecular weight excluding hydrogens is 461 g/mol. The molecule has 0 amide bonds. The molecule has 0 aromatic rings. The summed E-state index contributed by atoms with van der Waals surface area (Å²) in [5, 5.41) is 0.548. The van der Waals surface area contributed by atoms with E-state index >= 15 is 0 Å². The Hall–Kier alpha value is 0.0938. The lowest BCUT2D eigenvalue weighted by Crippen LogP contribution is -2.50. The Morgan fingerprint density at radius 1 is 0.914 bits per heavy atom. The van der Waals surface area contributed by atoms with Crippen molar-refractivity contribution in [3.8, 4) is 0 Å². The smallest absolute Gasteiger partial charge is 0.193 e. The second-order valence-electron chi connectivity index (χ2n) is 16.3. The highest BCUT2D eigenvalue weighted by Crippen LogP contribution is 2.60. The SMILES string of the molecule is C[C@H](C[C@H]1C=C[C@](C)(O[Si](C)(C)C(C)(C)C)C1)[C@H]1CCC2C(O[Si](C)(C)C(C)(C)C)CCC[C@@]21C. The number of allylic oxidation sites excluding steroid dienone is 1. The van der Waals surface area contributed by atoms with Crippen molar-refractivity contribution >= 4 is 16.6 Å². The van der Waals surface area contributed by atoms with Crippen molar-refractivity contribution in [3.05, 3.63) is 12.2 Å². The molecule has 35 heavy (non-hydrogen) atoms. The van der Waals surface area contributed by atoms with Crippen LogP contribution in [0.4, 0.5) is 0 Å². The van der Waals surface area contributed by atoms with Crippen LogP contribution in [0.1, 0.15) is 107 Å². The molecule has 2 unspecified atom stereocenters. The first-order valence-corrected chi connectivity index (χ1v) is 20.6. The van der Waals surface area contributed by atoms with Crippen molar-refractivity contribution in [3.63, 3.8) is 0 Å². The van der Waals surface area contributed by atoms with E-state index in [1.165, 1.54) is 38.5 Å². The lowest BCUT2D eigenvalue weighted by Gasteiger charge is -2.50. The Labute approximate surface area is 221 Å². The van der Waals surface area contributed by atoms with Crippen molar-refractivity contribution in [2.45, 2.75) is 155 Å². The van der Waals surface area contributed by atoms with Gasteiger partial charge in [0.15, 0.2) is 16.6 Å². The van der Waals surface area contributed by atoms with Gasteiger partial charge in [-0.15, -0.1) is 0 Å². The van der Waals surface area contributed by atoms with Crippen LogP contribution >= 0.6 is 0 Å². The molecule has 2 saturated carbocycles. The monoisotopic (exact) mass is 520 g/mol. The van der Waals surface area contributed by atoms with Gasteiger partial charge in [0.1, 0.15) is 0 Å². The first kappa shape index (κ1) is 29.6. The lowest BCUT2D eigenvalue weighted by molar-refractivity contribution is -0.0224. The number of hydrogen-bond donors (Lipinski definition) is 0. The summed E-state index contributed by atoms with van der Waals surface area (Å²) in [5.74, 6) is 3.01.